The Morgan fingerprint density at radius 3 is 2.00 bits per heavy atom. The third-order valence-electron chi connectivity index (χ3n) is 2.58. The number of rotatable bonds is 6. The van der Waals surface area contributed by atoms with Crippen LogP contribution in [0, 0.1) is 0 Å². The molecule has 0 fully saturated rings. The fourth-order valence-electron chi connectivity index (χ4n) is 1.29. The molecule has 0 radical (unpaired) electrons. The van der Waals surface area contributed by atoms with E-state index in [0.717, 1.165) is 18.4 Å². The smallest absolute Gasteiger partial charge is 0.0242 e. The number of hydrogen-bond acceptors (Lipinski definition) is 0. The van der Waals surface area contributed by atoms with E-state index in [-0.39, 0.29) is 0 Å². The molecule has 0 aromatic carbocycles. The molecular weight excluding hydrogens is 192 g/mol. The Hall–Kier alpha value is -1.30. The Kier molecular flexibility index (Phi) is 7.28. The largest absolute Gasteiger partial charge is 0.0961 e. The van der Waals surface area contributed by atoms with Gasteiger partial charge in [0.05, 0.1) is 0 Å². The normalized spacial score (nSPS) is 13.2. The van der Waals surface area contributed by atoms with Crippen LogP contribution in [0.5, 0.6) is 0 Å². The maximum absolute atomic E-state index is 4.13. The van der Waals surface area contributed by atoms with Gasteiger partial charge in [-0.05, 0) is 51.7 Å². The monoisotopic (exact) mass is 216 g/mol. The van der Waals surface area contributed by atoms with Gasteiger partial charge in [-0.15, -0.1) is 0 Å². The predicted octanol–water partition coefficient (Wildman–Crippen LogP) is 5.37. The molecule has 0 aliphatic rings. The Balaban J connectivity index is 4.40. The Bertz CT molecular complexity index is 335. The van der Waals surface area contributed by atoms with Gasteiger partial charge < -0.3 is 0 Å². The molecule has 0 amide bonds. The maximum atomic E-state index is 4.13. The van der Waals surface area contributed by atoms with Gasteiger partial charge in [0.15, 0.2) is 0 Å². The van der Waals surface area contributed by atoms with E-state index in [0.29, 0.717) is 0 Å². The van der Waals surface area contributed by atoms with E-state index in [1.54, 1.807) is 0 Å². The van der Waals surface area contributed by atoms with Crippen LogP contribution < -0.4 is 0 Å². The fraction of sp³-hybridized carbons (Fsp3) is 0.375. The van der Waals surface area contributed by atoms with Crippen molar-refractivity contribution >= 4 is 0 Å². The lowest BCUT2D eigenvalue weighted by molar-refractivity contribution is 0.937. The molecule has 0 rings (SSSR count). The minimum Gasteiger partial charge on any atom is -0.0961 e. The third kappa shape index (κ3) is 6.23. The summed E-state index contributed by atoms with van der Waals surface area (Å²) in [5, 5.41) is 0. The minimum absolute atomic E-state index is 1.02. The molecule has 0 aromatic rings. The van der Waals surface area contributed by atoms with Crippen molar-refractivity contribution < 1.29 is 0 Å². The van der Waals surface area contributed by atoms with E-state index in [9.17, 15) is 0 Å². The van der Waals surface area contributed by atoms with E-state index in [1.807, 2.05) is 19.9 Å². The Morgan fingerprint density at radius 1 is 0.938 bits per heavy atom. The van der Waals surface area contributed by atoms with Gasteiger partial charge in [0.1, 0.15) is 0 Å². The lowest BCUT2D eigenvalue weighted by atomic mass is 9.99. The predicted molar refractivity (Wildman–Crippen MR) is 75.5 cm³/mol. The first-order chi connectivity index (χ1) is 7.51. The topological polar surface area (TPSA) is 0 Å². The molecule has 0 nitrogen and oxygen atoms in total. The molecule has 0 aliphatic heterocycles. The summed E-state index contributed by atoms with van der Waals surface area (Å²) in [7, 11) is 0. The van der Waals surface area contributed by atoms with Gasteiger partial charge in [0, 0.05) is 0 Å². The molecule has 0 N–H and O–H groups in total. The lowest BCUT2D eigenvalue weighted by Crippen LogP contribution is -1.87. The van der Waals surface area contributed by atoms with Crippen LogP contribution in [0.3, 0.4) is 0 Å². The molecule has 0 heteroatoms. The lowest BCUT2D eigenvalue weighted by Gasteiger charge is -2.07. The highest BCUT2D eigenvalue weighted by molar-refractivity contribution is 5.39. The highest BCUT2D eigenvalue weighted by Crippen LogP contribution is 2.18. The van der Waals surface area contributed by atoms with Crippen LogP contribution in [-0.4, -0.2) is 0 Å². The summed E-state index contributed by atoms with van der Waals surface area (Å²) in [5.41, 5.74) is 4.89. The molecule has 0 heterocycles. The number of allylic oxidation sites excluding steroid dienone is 8. The molecule has 0 aromatic heterocycles. The van der Waals surface area contributed by atoms with Gasteiger partial charge in [-0.2, -0.15) is 0 Å². The van der Waals surface area contributed by atoms with Crippen LogP contribution >= 0.6 is 0 Å². The van der Waals surface area contributed by atoms with Crippen molar-refractivity contribution in [3.05, 3.63) is 59.8 Å². The van der Waals surface area contributed by atoms with Crippen LogP contribution in [0.1, 0.15) is 40.5 Å². The maximum Gasteiger partial charge on any atom is -0.0242 e. The van der Waals surface area contributed by atoms with Gasteiger partial charge in [0.2, 0.25) is 0 Å². The van der Waals surface area contributed by atoms with Crippen LogP contribution in [0.15, 0.2) is 59.8 Å². The van der Waals surface area contributed by atoms with Gasteiger partial charge in [-0.1, -0.05) is 48.6 Å². The van der Waals surface area contributed by atoms with E-state index < -0.39 is 0 Å². The molecule has 0 spiro atoms. The quantitative estimate of drug-likeness (QED) is 0.414. The van der Waals surface area contributed by atoms with Crippen molar-refractivity contribution in [3.63, 3.8) is 0 Å². The summed E-state index contributed by atoms with van der Waals surface area (Å²) in [6.07, 6.45) is 10.5. The van der Waals surface area contributed by atoms with Crippen LogP contribution in [0.25, 0.3) is 0 Å². The van der Waals surface area contributed by atoms with E-state index >= 15 is 0 Å². The summed E-state index contributed by atoms with van der Waals surface area (Å²) in [6.45, 7) is 16.3. The summed E-state index contributed by atoms with van der Waals surface area (Å²) in [4.78, 5) is 0. The van der Waals surface area contributed by atoms with E-state index in [2.05, 4.69) is 45.2 Å². The first-order valence-electron chi connectivity index (χ1n) is 5.81. The SMILES string of the molecule is C=C(C)/C=C\C(=C/C)C(=C)CC/C(C)=C\C. The molecule has 0 unspecified atom stereocenters. The second-order valence-corrected chi connectivity index (χ2v) is 4.16. The second kappa shape index (κ2) is 7.92. The zero-order chi connectivity index (χ0) is 12.6. The van der Waals surface area contributed by atoms with Gasteiger partial charge >= 0.3 is 0 Å². The van der Waals surface area contributed by atoms with Crippen molar-refractivity contribution in [2.45, 2.75) is 40.5 Å². The van der Waals surface area contributed by atoms with Crippen LogP contribution in [0.4, 0.5) is 0 Å². The first kappa shape index (κ1) is 14.7. The van der Waals surface area contributed by atoms with Crippen molar-refractivity contribution in [3.8, 4) is 0 Å². The molecule has 0 saturated carbocycles. The van der Waals surface area contributed by atoms with Crippen molar-refractivity contribution in [2.75, 3.05) is 0 Å². The zero-order valence-electron chi connectivity index (χ0n) is 11.1. The third-order valence-corrected chi connectivity index (χ3v) is 2.58. The fourth-order valence-corrected chi connectivity index (χ4v) is 1.29. The summed E-state index contributed by atoms with van der Waals surface area (Å²) in [6, 6.07) is 0. The molecule has 16 heavy (non-hydrogen) atoms. The van der Waals surface area contributed by atoms with Gasteiger partial charge in [0.25, 0.3) is 0 Å². The molecular formula is C16H24. The van der Waals surface area contributed by atoms with Crippen molar-refractivity contribution in [1.29, 1.82) is 0 Å². The molecule has 0 atom stereocenters. The summed E-state index contributed by atoms with van der Waals surface area (Å²) in [5.74, 6) is 0. The van der Waals surface area contributed by atoms with Crippen LogP contribution in [0.2, 0.25) is 0 Å². The van der Waals surface area contributed by atoms with E-state index in [4.69, 9.17) is 0 Å². The Labute approximate surface area is 101 Å². The Morgan fingerprint density at radius 2 is 1.56 bits per heavy atom. The van der Waals surface area contributed by atoms with Crippen molar-refractivity contribution in [2.24, 2.45) is 0 Å². The van der Waals surface area contributed by atoms with Gasteiger partial charge in [-0.25, -0.2) is 0 Å². The standard InChI is InChI=1S/C16H24/c1-7-14(5)10-11-15(6)16(8-2)12-9-13(3)4/h7-9,12H,3,6,10-11H2,1-2,4-5H3/b12-9-,14-7-,16-8+. The average molecular weight is 216 g/mol. The van der Waals surface area contributed by atoms with Crippen molar-refractivity contribution in [1.82, 2.24) is 0 Å². The minimum atomic E-state index is 1.02. The van der Waals surface area contributed by atoms with Gasteiger partial charge in [-0.3, -0.25) is 0 Å². The number of hydrogen-bond donors (Lipinski definition) is 0. The first-order valence-corrected chi connectivity index (χ1v) is 5.81. The highest BCUT2D eigenvalue weighted by Gasteiger charge is 1.99. The molecule has 0 saturated heterocycles. The molecule has 0 aliphatic carbocycles. The molecule has 0 bridgehead atoms. The summed E-state index contributed by atoms with van der Waals surface area (Å²) < 4.78 is 0. The zero-order valence-corrected chi connectivity index (χ0v) is 11.1. The highest BCUT2D eigenvalue weighted by atomic mass is 14.0. The van der Waals surface area contributed by atoms with Crippen LogP contribution in [-0.2, 0) is 0 Å². The average Bonchev–Trinajstić information content (AvgIpc) is 2.26. The van der Waals surface area contributed by atoms with E-state index in [1.165, 1.54) is 16.7 Å². The molecule has 88 valence electrons. The summed E-state index contributed by atoms with van der Waals surface area (Å²) >= 11 is 0. The second-order valence-electron chi connectivity index (χ2n) is 4.16.